The largest absolute Gasteiger partial charge is 0.497 e. The molecule has 0 bridgehead atoms. The van der Waals surface area contributed by atoms with Gasteiger partial charge in [0.2, 0.25) is 0 Å². The topological polar surface area (TPSA) is 56.5 Å². The molecule has 0 saturated heterocycles. The number of aliphatic hydroxyl groups excluding tert-OH is 1. The molecule has 5 heteroatoms. The molecule has 0 aliphatic carbocycles. The number of nitrogens with zero attached hydrogens (tertiary/aromatic N) is 2. The summed E-state index contributed by atoms with van der Waals surface area (Å²) in [6.45, 7) is 4.86. The van der Waals surface area contributed by atoms with Gasteiger partial charge < -0.3 is 19.1 Å². The quantitative estimate of drug-likeness (QED) is 0.714. The van der Waals surface area contributed by atoms with Crippen LogP contribution in [0.3, 0.4) is 0 Å². The number of ether oxygens (including phenoxy) is 2. The van der Waals surface area contributed by atoms with Crippen molar-refractivity contribution < 1.29 is 14.6 Å². The van der Waals surface area contributed by atoms with E-state index < -0.39 is 6.10 Å². The summed E-state index contributed by atoms with van der Waals surface area (Å²) in [5.74, 6) is 2.66. The molecule has 0 spiro atoms. The fraction of sp³-hybridized carbons (Fsp3) is 0.350. The zero-order valence-electron chi connectivity index (χ0n) is 14.8. The number of para-hydroxylation sites is 2. The van der Waals surface area contributed by atoms with Crippen LogP contribution in [0.15, 0.2) is 48.5 Å². The van der Waals surface area contributed by atoms with Gasteiger partial charge in [-0.25, -0.2) is 4.98 Å². The highest BCUT2D eigenvalue weighted by Crippen LogP contribution is 2.23. The first-order chi connectivity index (χ1) is 12.1. The Morgan fingerprint density at radius 2 is 1.84 bits per heavy atom. The molecule has 0 unspecified atom stereocenters. The third kappa shape index (κ3) is 3.94. The average molecular weight is 340 g/mol. The van der Waals surface area contributed by atoms with Gasteiger partial charge in [-0.3, -0.25) is 0 Å². The molecule has 0 amide bonds. The lowest BCUT2D eigenvalue weighted by Crippen LogP contribution is -2.24. The summed E-state index contributed by atoms with van der Waals surface area (Å²) < 4.78 is 13.0. The van der Waals surface area contributed by atoms with Gasteiger partial charge in [-0.05, 0) is 24.3 Å². The van der Waals surface area contributed by atoms with Crippen LogP contribution in [0.25, 0.3) is 11.0 Å². The molecule has 25 heavy (non-hydrogen) atoms. The van der Waals surface area contributed by atoms with Crippen LogP contribution in [0.4, 0.5) is 0 Å². The smallest absolute Gasteiger partial charge is 0.123 e. The van der Waals surface area contributed by atoms with Crippen molar-refractivity contribution in [3.05, 3.63) is 54.4 Å². The number of hydrogen-bond donors (Lipinski definition) is 1. The van der Waals surface area contributed by atoms with Crippen molar-refractivity contribution in [1.29, 1.82) is 0 Å². The van der Waals surface area contributed by atoms with Crippen molar-refractivity contribution in [3.8, 4) is 11.5 Å². The second-order valence-electron chi connectivity index (χ2n) is 6.37. The monoisotopic (exact) mass is 340 g/mol. The molecule has 132 valence electrons. The van der Waals surface area contributed by atoms with E-state index in [1.54, 1.807) is 13.2 Å². The van der Waals surface area contributed by atoms with E-state index >= 15 is 0 Å². The lowest BCUT2D eigenvalue weighted by Gasteiger charge is -2.17. The zero-order valence-corrected chi connectivity index (χ0v) is 14.8. The van der Waals surface area contributed by atoms with Gasteiger partial charge in [0, 0.05) is 12.0 Å². The van der Waals surface area contributed by atoms with E-state index in [0.717, 1.165) is 22.6 Å². The summed E-state index contributed by atoms with van der Waals surface area (Å²) in [6.07, 6.45) is -0.638. The molecule has 1 heterocycles. The Balaban J connectivity index is 1.73. The summed E-state index contributed by atoms with van der Waals surface area (Å²) in [5.41, 5.74) is 1.98. The van der Waals surface area contributed by atoms with Crippen molar-refractivity contribution >= 4 is 11.0 Å². The molecule has 1 atom stereocenters. The van der Waals surface area contributed by atoms with Crippen molar-refractivity contribution in [2.45, 2.75) is 32.4 Å². The molecule has 1 N–H and O–H groups in total. The van der Waals surface area contributed by atoms with Crippen LogP contribution in [-0.4, -0.2) is 34.5 Å². The standard InChI is InChI=1S/C20H24N2O3/c1-14(2)20-21-18-9-4-5-10-19(18)22(20)12-15(23)13-25-17-8-6-7-16(11-17)24-3/h4-11,14-15,23H,12-13H2,1-3H3/t15-/m1/s1. The minimum atomic E-state index is -0.638. The predicted octanol–water partition coefficient (Wildman–Crippen LogP) is 3.61. The predicted molar refractivity (Wildman–Crippen MR) is 98.3 cm³/mol. The van der Waals surface area contributed by atoms with E-state index in [4.69, 9.17) is 14.5 Å². The Hall–Kier alpha value is -2.53. The molecular weight excluding hydrogens is 316 g/mol. The summed E-state index contributed by atoms with van der Waals surface area (Å²) in [4.78, 5) is 4.70. The van der Waals surface area contributed by atoms with Crippen LogP contribution in [0.5, 0.6) is 11.5 Å². The first kappa shape index (κ1) is 17.3. The van der Waals surface area contributed by atoms with Gasteiger partial charge in [-0.1, -0.05) is 32.0 Å². The van der Waals surface area contributed by atoms with Gasteiger partial charge in [0.1, 0.15) is 30.0 Å². The van der Waals surface area contributed by atoms with Crippen LogP contribution in [0.1, 0.15) is 25.6 Å². The maximum absolute atomic E-state index is 10.5. The van der Waals surface area contributed by atoms with Gasteiger partial charge in [0.15, 0.2) is 0 Å². The van der Waals surface area contributed by atoms with E-state index in [-0.39, 0.29) is 12.5 Å². The number of aromatic nitrogens is 2. The fourth-order valence-electron chi connectivity index (χ4n) is 2.87. The molecule has 0 aliphatic rings. The number of aliphatic hydroxyl groups is 1. The zero-order chi connectivity index (χ0) is 17.8. The number of fused-ring (bicyclic) bond motifs is 1. The van der Waals surface area contributed by atoms with Gasteiger partial charge in [0.25, 0.3) is 0 Å². The first-order valence-corrected chi connectivity index (χ1v) is 8.48. The molecule has 3 aromatic rings. The minimum Gasteiger partial charge on any atom is -0.497 e. The van der Waals surface area contributed by atoms with Crippen LogP contribution in [0.2, 0.25) is 0 Å². The van der Waals surface area contributed by atoms with Gasteiger partial charge >= 0.3 is 0 Å². The number of benzene rings is 2. The fourth-order valence-corrected chi connectivity index (χ4v) is 2.87. The first-order valence-electron chi connectivity index (χ1n) is 8.48. The van der Waals surface area contributed by atoms with E-state index in [1.165, 1.54) is 0 Å². The lowest BCUT2D eigenvalue weighted by atomic mass is 10.2. The van der Waals surface area contributed by atoms with E-state index in [9.17, 15) is 5.11 Å². The molecule has 0 radical (unpaired) electrons. The number of methoxy groups -OCH3 is 1. The van der Waals surface area contributed by atoms with Crippen molar-refractivity contribution in [2.24, 2.45) is 0 Å². The van der Waals surface area contributed by atoms with Gasteiger partial charge in [-0.15, -0.1) is 0 Å². The highest BCUT2D eigenvalue weighted by Gasteiger charge is 2.16. The average Bonchev–Trinajstić information content (AvgIpc) is 2.99. The third-order valence-electron chi connectivity index (χ3n) is 4.08. The number of imidazole rings is 1. The van der Waals surface area contributed by atoms with Crippen molar-refractivity contribution in [2.75, 3.05) is 13.7 Å². The van der Waals surface area contributed by atoms with Crippen LogP contribution >= 0.6 is 0 Å². The Morgan fingerprint density at radius 3 is 2.60 bits per heavy atom. The lowest BCUT2D eigenvalue weighted by molar-refractivity contribution is 0.0924. The van der Waals surface area contributed by atoms with Crippen molar-refractivity contribution in [3.63, 3.8) is 0 Å². The Kier molecular flexibility index (Phi) is 5.24. The van der Waals surface area contributed by atoms with E-state index in [2.05, 4.69) is 18.4 Å². The SMILES string of the molecule is COc1cccc(OC[C@H](O)Cn2c(C(C)C)nc3ccccc32)c1. The molecule has 1 aromatic heterocycles. The van der Waals surface area contributed by atoms with Crippen LogP contribution in [0, 0.1) is 0 Å². The van der Waals surface area contributed by atoms with Crippen molar-refractivity contribution in [1.82, 2.24) is 9.55 Å². The molecule has 5 nitrogen and oxygen atoms in total. The number of rotatable bonds is 7. The van der Waals surface area contributed by atoms with Gasteiger partial charge in [-0.2, -0.15) is 0 Å². The maximum Gasteiger partial charge on any atom is 0.123 e. The summed E-state index contributed by atoms with van der Waals surface area (Å²) in [7, 11) is 1.62. The highest BCUT2D eigenvalue weighted by molar-refractivity contribution is 5.76. The van der Waals surface area contributed by atoms with E-state index in [0.29, 0.717) is 12.3 Å². The number of hydrogen-bond acceptors (Lipinski definition) is 4. The Morgan fingerprint density at radius 1 is 1.08 bits per heavy atom. The maximum atomic E-state index is 10.5. The highest BCUT2D eigenvalue weighted by atomic mass is 16.5. The second-order valence-corrected chi connectivity index (χ2v) is 6.37. The minimum absolute atomic E-state index is 0.206. The second kappa shape index (κ2) is 7.57. The Labute approximate surface area is 147 Å². The molecule has 0 saturated carbocycles. The third-order valence-corrected chi connectivity index (χ3v) is 4.08. The van der Waals surface area contributed by atoms with E-state index in [1.807, 2.05) is 42.5 Å². The molecule has 0 fully saturated rings. The summed E-state index contributed by atoms with van der Waals surface area (Å²) in [5, 5.41) is 10.5. The normalized spacial score (nSPS) is 12.5. The Bertz CT molecular complexity index is 842. The molecule has 0 aliphatic heterocycles. The van der Waals surface area contributed by atoms with Crippen LogP contribution < -0.4 is 9.47 Å². The summed E-state index contributed by atoms with van der Waals surface area (Å²) in [6, 6.07) is 15.4. The summed E-state index contributed by atoms with van der Waals surface area (Å²) >= 11 is 0. The van der Waals surface area contributed by atoms with Crippen LogP contribution in [-0.2, 0) is 6.54 Å². The van der Waals surface area contributed by atoms with Gasteiger partial charge in [0.05, 0.1) is 24.7 Å². The molecule has 3 rings (SSSR count). The molecular formula is C20H24N2O3. The molecule has 2 aromatic carbocycles.